The molecule has 6 nitrogen and oxygen atoms in total. The van der Waals surface area contributed by atoms with Crippen molar-refractivity contribution < 1.29 is 0 Å². The van der Waals surface area contributed by atoms with E-state index >= 15 is 0 Å². The average Bonchev–Trinajstić information content (AvgIpc) is 3.19. The number of piperazine rings is 1. The number of aromatic nitrogens is 4. The lowest BCUT2D eigenvalue weighted by Crippen LogP contribution is -2.46. The van der Waals surface area contributed by atoms with Crippen molar-refractivity contribution in [2.45, 2.75) is 19.5 Å². The number of likely N-dealkylation sites (N-methyl/N-ethyl adjacent to an activating group) is 1. The first-order chi connectivity index (χ1) is 14.7. The second-order valence-corrected chi connectivity index (χ2v) is 8.18. The van der Waals surface area contributed by atoms with E-state index in [4.69, 9.17) is 0 Å². The Morgan fingerprint density at radius 2 is 1.83 bits per heavy atom. The van der Waals surface area contributed by atoms with Crippen molar-refractivity contribution in [1.29, 1.82) is 0 Å². The van der Waals surface area contributed by atoms with Crippen LogP contribution in [0.25, 0.3) is 16.6 Å². The van der Waals surface area contributed by atoms with Crippen molar-refractivity contribution in [2.75, 3.05) is 26.7 Å². The number of fused-ring (bicyclic) bond motifs is 1. The molecule has 0 radical (unpaired) electrons. The minimum atomic E-state index is 0.221. The average molecular weight is 399 g/mol. The maximum Gasteiger partial charge on any atom is 0.109 e. The van der Waals surface area contributed by atoms with Gasteiger partial charge in [-0.1, -0.05) is 47.2 Å². The van der Waals surface area contributed by atoms with Crippen LogP contribution < -0.4 is 0 Å². The van der Waals surface area contributed by atoms with Crippen molar-refractivity contribution in [2.24, 2.45) is 0 Å². The summed E-state index contributed by atoms with van der Waals surface area (Å²) in [4.78, 5) is 9.12. The lowest BCUT2D eigenvalue weighted by atomic mass is 10.0. The maximum atomic E-state index is 4.59. The zero-order chi connectivity index (χ0) is 20.5. The first-order valence-corrected chi connectivity index (χ1v) is 10.4. The molecule has 0 N–H and O–H groups in total. The predicted molar refractivity (Wildman–Crippen MR) is 118 cm³/mol. The smallest absolute Gasteiger partial charge is 0.109 e. The molecule has 3 aromatic heterocycles. The van der Waals surface area contributed by atoms with Crippen molar-refractivity contribution >= 4 is 5.52 Å². The summed E-state index contributed by atoms with van der Waals surface area (Å²) in [6.07, 6.45) is 5.85. The fourth-order valence-corrected chi connectivity index (χ4v) is 4.19. The Morgan fingerprint density at radius 3 is 2.63 bits per heavy atom. The Labute approximate surface area is 176 Å². The third kappa shape index (κ3) is 3.72. The van der Waals surface area contributed by atoms with Crippen LogP contribution in [0.4, 0.5) is 0 Å². The van der Waals surface area contributed by atoms with Crippen LogP contribution in [0.15, 0.2) is 67.1 Å². The molecule has 6 heteroatoms. The number of hydrogen-bond donors (Lipinski definition) is 0. The number of nitrogens with zero attached hydrogens (tertiary/aromatic N) is 6. The second-order valence-electron chi connectivity index (χ2n) is 8.18. The molecule has 5 rings (SSSR count). The van der Waals surface area contributed by atoms with E-state index in [-0.39, 0.29) is 6.04 Å². The van der Waals surface area contributed by atoms with Crippen LogP contribution in [0.1, 0.15) is 22.9 Å². The highest BCUT2D eigenvalue weighted by Crippen LogP contribution is 2.28. The summed E-state index contributed by atoms with van der Waals surface area (Å²) in [6, 6.07) is 17.3. The molecule has 1 fully saturated rings. The Balaban J connectivity index is 1.41. The van der Waals surface area contributed by atoms with Gasteiger partial charge in [0.25, 0.3) is 0 Å². The van der Waals surface area contributed by atoms with E-state index in [1.54, 1.807) is 0 Å². The molecule has 1 aromatic carbocycles. The first kappa shape index (κ1) is 18.9. The van der Waals surface area contributed by atoms with Gasteiger partial charge in [-0.15, -0.1) is 5.10 Å². The normalized spacial score (nSPS) is 18.1. The van der Waals surface area contributed by atoms with Gasteiger partial charge in [0.15, 0.2) is 0 Å². The fourth-order valence-electron chi connectivity index (χ4n) is 4.19. The fraction of sp³-hybridized carbons (Fsp3) is 0.292. The Kier molecular flexibility index (Phi) is 5.02. The summed E-state index contributed by atoms with van der Waals surface area (Å²) in [5.41, 5.74) is 6.97. The molecule has 0 aliphatic carbocycles. The summed E-state index contributed by atoms with van der Waals surface area (Å²) in [7, 11) is 2.18. The Bertz CT molecular complexity index is 1140. The highest BCUT2D eigenvalue weighted by atomic mass is 15.4. The summed E-state index contributed by atoms with van der Waals surface area (Å²) in [5, 5.41) is 9.04. The SMILES string of the molecule is Cc1ccc(-c2ccc3c([C@H]4CN(Cc5cccnc5)CCN4C)nnn3c2)cc1. The third-order valence-electron chi connectivity index (χ3n) is 6.00. The minimum Gasteiger partial charge on any atom is -0.296 e. The molecular weight excluding hydrogens is 372 g/mol. The van der Waals surface area contributed by atoms with Crippen molar-refractivity contribution in [1.82, 2.24) is 29.6 Å². The lowest BCUT2D eigenvalue weighted by Gasteiger charge is -2.38. The molecule has 152 valence electrons. The zero-order valence-corrected chi connectivity index (χ0v) is 17.4. The van der Waals surface area contributed by atoms with Gasteiger partial charge in [0, 0.05) is 50.3 Å². The van der Waals surface area contributed by atoms with E-state index in [1.807, 2.05) is 23.0 Å². The van der Waals surface area contributed by atoms with Crippen molar-refractivity contribution in [3.05, 3.63) is 83.9 Å². The van der Waals surface area contributed by atoms with Crippen LogP contribution in [0.3, 0.4) is 0 Å². The monoisotopic (exact) mass is 398 g/mol. The molecule has 1 aliphatic heterocycles. The number of hydrogen-bond acceptors (Lipinski definition) is 5. The Morgan fingerprint density at radius 1 is 1.00 bits per heavy atom. The molecule has 0 amide bonds. The highest BCUT2D eigenvalue weighted by molar-refractivity contribution is 5.66. The van der Waals surface area contributed by atoms with Gasteiger partial charge in [-0.2, -0.15) is 0 Å². The van der Waals surface area contributed by atoms with E-state index < -0.39 is 0 Å². The third-order valence-corrected chi connectivity index (χ3v) is 6.00. The van der Waals surface area contributed by atoms with Gasteiger partial charge in [0.05, 0.1) is 11.6 Å². The molecule has 4 heterocycles. The molecule has 4 aromatic rings. The maximum absolute atomic E-state index is 4.59. The van der Waals surface area contributed by atoms with E-state index in [1.165, 1.54) is 16.7 Å². The van der Waals surface area contributed by atoms with E-state index in [9.17, 15) is 0 Å². The quantitative estimate of drug-likeness (QED) is 0.526. The molecule has 0 spiro atoms. The van der Waals surface area contributed by atoms with Crippen molar-refractivity contribution in [3.8, 4) is 11.1 Å². The minimum absolute atomic E-state index is 0.221. The number of aryl methyl sites for hydroxylation is 1. The van der Waals surface area contributed by atoms with Crippen molar-refractivity contribution in [3.63, 3.8) is 0 Å². The summed E-state index contributed by atoms with van der Waals surface area (Å²) < 4.78 is 1.92. The Hall–Kier alpha value is -3.09. The van der Waals surface area contributed by atoms with Gasteiger partial charge in [0.2, 0.25) is 0 Å². The van der Waals surface area contributed by atoms with Gasteiger partial charge in [-0.25, -0.2) is 4.52 Å². The summed E-state index contributed by atoms with van der Waals surface area (Å²) in [5.74, 6) is 0. The molecule has 1 saturated heterocycles. The van der Waals surface area contributed by atoms with Gasteiger partial charge in [0.1, 0.15) is 5.69 Å². The largest absolute Gasteiger partial charge is 0.296 e. The predicted octanol–water partition coefficient (Wildman–Crippen LogP) is 3.59. The highest BCUT2D eigenvalue weighted by Gasteiger charge is 2.29. The molecule has 1 aliphatic rings. The molecule has 0 unspecified atom stereocenters. The molecule has 0 bridgehead atoms. The van der Waals surface area contributed by atoms with Crippen LogP contribution in [-0.2, 0) is 6.54 Å². The van der Waals surface area contributed by atoms with Crippen LogP contribution in [0.5, 0.6) is 0 Å². The van der Waals surface area contributed by atoms with Crippen LogP contribution in [0, 0.1) is 6.92 Å². The summed E-state index contributed by atoms with van der Waals surface area (Å²) in [6.45, 7) is 5.99. The van der Waals surface area contributed by atoms with Crippen LogP contribution in [0.2, 0.25) is 0 Å². The lowest BCUT2D eigenvalue weighted by molar-refractivity contribution is 0.0889. The summed E-state index contributed by atoms with van der Waals surface area (Å²) >= 11 is 0. The van der Waals surface area contributed by atoms with Crippen LogP contribution in [-0.4, -0.2) is 56.3 Å². The van der Waals surface area contributed by atoms with Crippen LogP contribution >= 0.6 is 0 Å². The molecule has 30 heavy (non-hydrogen) atoms. The number of rotatable bonds is 4. The number of benzene rings is 1. The first-order valence-electron chi connectivity index (χ1n) is 10.4. The standard InChI is InChI=1S/C24H26N6/c1-18-5-7-20(8-6-18)21-9-10-22-24(26-27-30(22)16-21)23-17-29(13-12-28(23)2)15-19-4-3-11-25-14-19/h3-11,14,16,23H,12-13,15,17H2,1-2H3/t23-/m1/s1. The zero-order valence-electron chi connectivity index (χ0n) is 17.4. The second kappa shape index (κ2) is 7.97. The van der Waals surface area contributed by atoms with E-state index in [2.05, 4.69) is 87.7 Å². The topological polar surface area (TPSA) is 49.6 Å². The molecular formula is C24H26N6. The molecule has 0 saturated carbocycles. The van der Waals surface area contributed by atoms with Gasteiger partial charge in [-0.05, 0) is 37.2 Å². The molecule has 1 atom stereocenters. The number of pyridine rings is 2. The van der Waals surface area contributed by atoms with Gasteiger partial charge in [-0.3, -0.25) is 14.8 Å². The van der Waals surface area contributed by atoms with E-state index in [0.29, 0.717) is 0 Å². The van der Waals surface area contributed by atoms with Gasteiger partial charge < -0.3 is 0 Å². The van der Waals surface area contributed by atoms with E-state index in [0.717, 1.165) is 43.0 Å². The van der Waals surface area contributed by atoms with Gasteiger partial charge >= 0.3 is 0 Å².